The smallest absolute Gasteiger partial charge is 0.296 e. The second-order valence-electron chi connectivity index (χ2n) is 8.06. The van der Waals surface area contributed by atoms with Crippen molar-refractivity contribution in [1.29, 1.82) is 0 Å². The van der Waals surface area contributed by atoms with Crippen LogP contribution in [-0.2, 0) is 13.6 Å². The highest BCUT2D eigenvalue weighted by Gasteiger charge is 2.49. The number of benzene rings is 1. The first kappa shape index (κ1) is 23.9. The molecule has 3 heterocycles. The van der Waals surface area contributed by atoms with Gasteiger partial charge in [0.15, 0.2) is 5.69 Å². The zero-order valence-corrected chi connectivity index (χ0v) is 18.4. The summed E-state index contributed by atoms with van der Waals surface area (Å²) >= 11 is 0. The Hall–Kier alpha value is -4.22. The third kappa shape index (κ3) is 4.86. The fourth-order valence-corrected chi connectivity index (χ4v) is 3.83. The molecule has 4 rings (SSSR count). The Morgan fingerprint density at radius 1 is 1.20 bits per heavy atom. The van der Waals surface area contributed by atoms with Crippen LogP contribution in [0.25, 0.3) is 0 Å². The van der Waals surface area contributed by atoms with Gasteiger partial charge in [0.25, 0.3) is 23.3 Å². The lowest BCUT2D eigenvalue weighted by molar-refractivity contribution is 0.0117. The first-order valence-electron chi connectivity index (χ1n) is 10.5. The molecule has 12 heteroatoms. The van der Waals surface area contributed by atoms with Gasteiger partial charge in [0.1, 0.15) is 17.3 Å². The number of alkyl halides is 2. The molecule has 0 aliphatic carbocycles. The minimum atomic E-state index is -3.28. The van der Waals surface area contributed by atoms with Crippen LogP contribution in [-0.4, -0.2) is 48.8 Å². The Balaban J connectivity index is 1.68. The van der Waals surface area contributed by atoms with Gasteiger partial charge in [-0.2, -0.15) is 0 Å². The summed E-state index contributed by atoms with van der Waals surface area (Å²) in [5, 5.41) is 12.7. The fraction of sp³-hybridized carbons (Fsp3) is 0.261. The molecule has 2 amide bonds. The molecule has 1 aliphatic heterocycles. The number of carbonyl (C=O) groups excluding carboxylic acids is 2. The molecule has 0 unspecified atom stereocenters. The normalized spacial score (nSPS) is 16.8. The Bertz CT molecular complexity index is 1330. The van der Waals surface area contributed by atoms with Gasteiger partial charge in [-0.05, 0) is 29.8 Å². The molecule has 0 bridgehead atoms. The first-order chi connectivity index (χ1) is 16.6. The standard InChI is InChI=1S/C23H20F3N5O4/c1-30-19(16-10-23(25,26)12-31(16)21(34)15-4-2-3-9-27-15)29-17(18(32)22(30)35)20(33)28-11-13-5-7-14(24)8-6-13/h2-9,16,32H,10-12H2,1H3,(H,28,33)/t16-/m0/s1. The minimum Gasteiger partial charge on any atom is -0.501 e. The molecule has 182 valence electrons. The van der Waals surface area contributed by atoms with E-state index in [0.717, 1.165) is 9.47 Å². The molecule has 1 aliphatic rings. The maximum atomic E-state index is 14.4. The zero-order chi connectivity index (χ0) is 25.3. The predicted molar refractivity (Wildman–Crippen MR) is 116 cm³/mol. The van der Waals surface area contributed by atoms with Gasteiger partial charge < -0.3 is 15.3 Å². The Morgan fingerprint density at radius 3 is 2.57 bits per heavy atom. The van der Waals surface area contributed by atoms with E-state index in [1.807, 2.05) is 0 Å². The van der Waals surface area contributed by atoms with Crippen molar-refractivity contribution in [2.45, 2.75) is 24.9 Å². The quantitative estimate of drug-likeness (QED) is 0.570. The fourth-order valence-electron chi connectivity index (χ4n) is 3.83. The van der Waals surface area contributed by atoms with Gasteiger partial charge in [-0.25, -0.2) is 18.2 Å². The van der Waals surface area contributed by atoms with Crippen molar-refractivity contribution in [2.24, 2.45) is 7.05 Å². The number of nitrogens with one attached hydrogen (secondary N) is 1. The molecular formula is C23H20F3N5O4. The van der Waals surface area contributed by atoms with Gasteiger partial charge in [0, 0.05) is 26.2 Å². The number of aromatic nitrogens is 3. The highest BCUT2D eigenvalue weighted by Crippen LogP contribution is 2.41. The number of hydrogen-bond donors (Lipinski definition) is 2. The van der Waals surface area contributed by atoms with Gasteiger partial charge in [0.05, 0.1) is 12.6 Å². The number of rotatable bonds is 5. The topological polar surface area (TPSA) is 117 Å². The van der Waals surface area contributed by atoms with Crippen molar-refractivity contribution >= 4 is 11.8 Å². The minimum absolute atomic E-state index is 0.0729. The first-order valence-corrected chi connectivity index (χ1v) is 10.5. The Labute approximate surface area is 196 Å². The second kappa shape index (κ2) is 9.20. The van der Waals surface area contributed by atoms with E-state index in [9.17, 15) is 32.7 Å². The summed E-state index contributed by atoms with van der Waals surface area (Å²) < 4.78 is 42.8. The second-order valence-corrected chi connectivity index (χ2v) is 8.06. The largest absolute Gasteiger partial charge is 0.501 e. The van der Waals surface area contributed by atoms with Crippen molar-refractivity contribution in [3.63, 3.8) is 0 Å². The van der Waals surface area contributed by atoms with Gasteiger partial charge >= 0.3 is 0 Å². The predicted octanol–water partition coefficient (Wildman–Crippen LogP) is 2.17. The van der Waals surface area contributed by atoms with Crippen molar-refractivity contribution in [3.05, 3.63) is 87.6 Å². The molecule has 3 aromatic rings. The van der Waals surface area contributed by atoms with E-state index < -0.39 is 59.6 Å². The van der Waals surface area contributed by atoms with Crippen LogP contribution < -0.4 is 10.9 Å². The number of pyridine rings is 1. The third-order valence-electron chi connectivity index (χ3n) is 5.60. The lowest BCUT2D eigenvalue weighted by Gasteiger charge is -2.25. The van der Waals surface area contributed by atoms with Crippen molar-refractivity contribution in [1.82, 2.24) is 24.8 Å². The van der Waals surface area contributed by atoms with Gasteiger partial charge in [-0.15, -0.1) is 0 Å². The van der Waals surface area contributed by atoms with Crippen LogP contribution in [0, 0.1) is 5.82 Å². The summed E-state index contributed by atoms with van der Waals surface area (Å²) in [6, 6.07) is 8.35. The van der Waals surface area contributed by atoms with E-state index in [2.05, 4.69) is 15.3 Å². The Morgan fingerprint density at radius 2 is 1.91 bits per heavy atom. The third-order valence-corrected chi connectivity index (χ3v) is 5.60. The van der Waals surface area contributed by atoms with E-state index in [0.29, 0.717) is 5.56 Å². The molecule has 9 nitrogen and oxygen atoms in total. The maximum absolute atomic E-state index is 14.4. The van der Waals surface area contributed by atoms with Crippen LogP contribution in [0.1, 0.15) is 44.8 Å². The monoisotopic (exact) mass is 487 g/mol. The van der Waals surface area contributed by atoms with E-state index >= 15 is 0 Å². The number of carbonyl (C=O) groups is 2. The molecule has 2 N–H and O–H groups in total. The lowest BCUT2D eigenvalue weighted by Crippen LogP contribution is -2.37. The molecular weight excluding hydrogens is 467 g/mol. The van der Waals surface area contributed by atoms with Gasteiger partial charge in [-0.1, -0.05) is 18.2 Å². The molecule has 1 atom stereocenters. The summed E-state index contributed by atoms with van der Waals surface area (Å²) in [7, 11) is 1.20. The summed E-state index contributed by atoms with van der Waals surface area (Å²) in [5.74, 6) is -6.75. The van der Waals surface area contributed by atoms with Gasteiger partial charge in [0.2, 0.25) is 5.75 Å². The molecule has 0 radical (unpaired) electrons. The number of hydrogen-bond acceptors (Lipinski definition) is 6. The average Bonchev–Trinajstić information content (AvgIpc) is 3.17. The Kier molecular flexibility index (Phi) is 6.29. The number of nitrogens with zero attached hydrogens (tertiary/aromatic N) is 4. The summed E-state index contributed by atoms with van der Waals surface area (Å²) in [6.07, 6.45) is 0.502. The van der Waals surface area contributed by atoms with E-state index in [-0.39, 0.29) is 18.1 Å². The molecule has 2 aromatic heterocycles. The number of halogens is 3. The van der Waals surface area contributed by atoms with Crippen molar-refractivity contribution < 1.29 is 27.9 Å². The summed E-state index contributed by atoms with van der Waals surface area (Å²) in [4.78, 5) is 47.1. The molecule has 1 fully saturated rings. The van der Waals surface area contributed by atoms with Crippen LogP contribution in [0.2, 0.25) is 0 Å². The lowest BCUT2D eigenvalue weighted by atomic mass is 10.1. The molecule has 1 saturated heterocycles. The number of likely N-dealkylation sites (tertiary alicyclic amines) is 1. The molecule has 1 aromatic carbocycles. The van der Waals surface area contributed by atoms with Crippen LogP contribution >= 0.6 is 0 Å². The van der Waals surface area contributed by atoms with Crippen molar-refractivity contribution in [2.75, 3.05) is 6.54 Å². The summed E-state index contributed by atoms with van der Waals surface area (Å²) in [6.45, 7) is -1.01. The molecule has 0 saturated carbocycles. The van der Waals surface area contributed by atoms with Crippen LogP contribution in [0.4, 0.5) is 13.2 Å². The highest BCUT2D eigenvalue weighted by molar-refractivity contribution is 5.95. The molecule has 0 spiro atoms. The van der Waals surface area contributed by atoms with Crippen LogP contribution in [0.3, 0.4) is 0 Å². The van der Waals surface area contributed by atoms with E-state index in [1.165, 1.54) is 49.6 Å². The zero-order valence-electron chi connectivity index (χ0n) is 18.4. The SMILES string of the molecule is Cn1c([C@@H]2CC(F)(F)CN2C(=O)c2ccccn2)nc(C(=O)NCc2ccc(F)cc2)c(O)c1=O. The maximum Gasteiger partial charge on any atom is 0.296 e. The molecule has 35 heavy (non-hydrogen) atoms. The van der Waals surface area contributed by atoms with Crippen LogP contribution in [0.5, 0.6) is 5.75 Å². The van der Waals surface area contributed by atoms with Crippen LogP contribution in [0.15, 0.2) is 53.5 Å². The van der Waals surface area contributed by atoms with E-state index in [1.54, 1.807) is 6.07 Å². The highest BCUT2D eigenvalue weighted by atomic mass is 19.3. The average molecular weight is 487 g/mol. The van der Waals surface area contributed by atoms with Crippen molar-refractivity contribution in [3.8, 4) is 5.75 Å². The van der Waals surface area contributed by atoms with E-state index in [4.69, 9.17) is 0 Å². The number of amides is 2. The summed E-state index contributed by atoms with van der Waals surface area (Å²) in [5.41, 5.74) is -1.25. The van der Waals surface area contributed by atoms with Gasteiger partial charge in [-0.3, -0.25) is 23.9 Å². The number of aromatic hydroxyl groups is 1.